The van der Waals surface area contributed by atoms with Crippen molar-refractivity contribution >= 4 is 30.9 Å². The molecule has 5 aromatic rings. The topological polar surface area (TPSA) is 13.1 Å². The molecule has 0 bridgehead atoms. The average Bonchev–Trinajstić information content (AvgIpc) is 3.80. The van der Waals surface area contributed by atoms with Gasteiger partial charge in [0.05, 0.1) is 14.3 Å². The molecule has 3 atom stereocenters. The molecule has 0 spiro atoms. The van der Waals surface area contributed by atoms with Gasteiger partial charge in [0.25, 0.3) is 0 Å². The van der Waals surface area contributed by atoms with Crippen molar-refractivity contribution in [1.82, 2.24) is 0 Å². The second kappa shape index (κ2) is 11.8. The summed E-state index contributed by atoms with van der Waals surface area (Å²) in [5.41, 5.74) is 17.5. The van der Waals surface area contributed by atoms with E-state index in [-0.39, 0.29) is 16.4 Å². The molecule has 7 rings (SSSR count). The Labute approximate surface area is 289 Å². The fourth-order valence-electron chi connectivity index (χ4n) is 8.55. The second-order valence-corrected chi connectivity index (χ2v) is 21.3. The number of allylic oxidation sites excluding steroid dienone is 2. The van der Waals surface area contributed by atoms with Crippen molar-refractivity contribution in [2.24, 2.45) is 0 Å². The highest BCUT2D eigenvalue weighted by Gasteiger charge is 2.52. The Balaban J connectivity index is 1.48. The molecule has 1 nitrogen and oxygen atoms in total. The third-order valence-electron chi connectivity index (χ3n) is 11.3. The normalized spacial score (nSPS) is 18.8. The SMILES string of the molecule is CC[Si](C)(C1C(c2ccc(C(C)(C)C)cc2C)=Cc2ccccc21)C1C(c2ccc(C(C)(C)C)cc2)=C(c2ccco2)c2ccccc21. The van der Waals surface area contributed by atoms with Gasteiger partial charge in [0.1, 0.15) is 5.76 Å². The van der Waals surface area contributed by atoms with Crippen molar-refractivity contribution in [1.29, 1.82) is 0 Å². The molecular formula is C46H50OSi. The largest absolute Gasteiger partial charge is 0.464 e. The molecule has 0 radical (unpaired) electrons. The Morgan fingerprint density at radius 1 is 0.667 bits per heavy atom. The Kier molecular flexibility index (Phi) is 7.95. The molecule has 0 amide bonds. The number of hydrogen-bond acceptors (Lipinski definition) is 1. The van der Waals surface area contributed by atoms with Crippen LogP contribution in [-0.2, 0) is 10.8 Å². The Hall–Kier alpha value is -4.14. The van der Waals surface area contributed by atoms with E-state index in [0.29, 0.717) is 5.54 Å². The molecule has 3 unspecified atom stereocenters. The zero-order chi connectivity index (χ0) is 34.0. The summed E-state index contributed by atoms with van der Waals surface area (Å²) < 4.78 is 6.27. The van der Waals surface area contributed by atoms with Crippen LogP contribution in [-0.4, -0.2) is 8.07 Å². The Morgan fingerprint density at radius 3 is 1.94 bits per heavy atom. The first-order chi connectivity index (χ1) is 22.8. The highest BCUT2D eigenvalue weighted by atomic mass is 28.3. The van der Waals surface area contributed by atoms with E-state index in [0.717, 1.165) is 11.8 Å². The van der Waals surface area contributed by atoms with Crippen molar-refractivity contribution in [2.75, 3.05) is 0 Å². The van der Waals surface area contributed by atoms with E-state index in [1.54, 1.807) is 0 Å². The molecule has 0 aliphatic heterocycles. The lowest BCUT2D eigenvalue weighted by Gasteiger charge is -2.43. The summed E-state index contributed by atoms with van der Waals surface area (Å²) in [4.78, 5) is 0. The average molecular weight is 647 g/mol. The monoisotopic (exact) mass is 646 g/mol. The number of furan rings is 1. The molecule has 1 heterocycles. The second-order valence-electron chi connectivity index (χ2n) is 16.4. The van der Waals surface area contributed by atoms with Gasteiger partial charge in [-0.25, -0.2) is 0 Å². The summed E-state index contributed by atoms with van der Waals surface area (Å²) in [5, 5.41) is 0. The van der Waals surface area contributed by atoms with E-state index in [2.05, 4.69) is 165 Å². The van der Waals surface area contributed by atoms with Gasteiger partial charge in [-0.15, -0.1) is 0 Å². The predicted octanol–water partition coefficient (Wildman–Crippen LogP) is 12.8. The first-order valence-electron chi connectivity index (χ1n) is 17.7. The van der Waals surface area contributed by atoms with Gasteiger partial charge in [-0.05, 0) is 91.1 Å². The molecular weight excluding hydrogens is 597 g/mol. The summed E-state index contributed by atoms with van der Waals surface area (Å²) >= 11 is 0. The minimum absolute atomic E-state index is 0.0924. The first kappa shape index (κ1) is 32.4. The third-order valence-corrected chi connectivity index (χ3v) is 16.7. The summed E-state index contributed by atoms with van der Waals surface area (Å²) in [6, 6.07) is 40.4. The van der Waals surface area contributed by atoms with Gasteiger partial charge in [-0.2, -0.15) is 0 Å². The number of benzene rings is 4. The molecule has 244 valence electrons. The smallest absolute Gasteiger partial charge is 0.134 e. The van der Waals surface area contributed by atoms with E-state index in [1.165, 1.54) is 66.8 Å². The van der Waals surface area contributed by atoms with Crippen LogP contribution in [0, 0.1) is 6.92 Å². The lowest BCUT2D eigenvalue weighted by molar-refractivity contribution is 0.554. The minimum Gasteiger partial charge on any atom is -0.464 e. The summed E-state index contributed by atoms with van der Waals surface area (Å²) in [7, 11) is -2.30. The maximum atomic E-state index is 6.27. The van der Waals surface area contributed by atoms with Gasteiger partial charge >= 0.3 is 0 Å². The molecule has 0 saturated carbocycles. The van der Waals surface area contributed by atoms with Gasteiger partial charge in [-0.3, -0.25) is 0 Å². The first-order valence-corrected chi connectivity index (χ1v) is 20.6. The Bertz CT molecular complexity index is 2040. The maximum Gasteiger partial charge on any atom is 0.134 e. The van der Waals surface area contributed by atoms with Crippen molar-refractivity contribution in [3.63, 3.8) is 0 Å². The van der Waals surface area contributed by atoms with Crippen molar-refractivity contribution in [3.8, 4) is 0 Å². The van der Waals surface area contributed by atoms with E-state index in [9.17, 15) is 0 Å². The maximum absolute atomic E-state index is 6.27. The van der Waals surface area contributed by atoms with E-state index >= 15 is 0 Å². The predicted molar refractivity (Wildman–Crippen MR) is 208 cm³/mol. The van der Waals surface area contributed by atoms with Gasteiger partial charge in [0, 0.05) is 16.7 Å². The highest BCUT2D eigenvalue weighted by molar-refractivity contribution is 6.85. The molecule has 1 aromatic heterocycles. The van der Waals surface area contributed by atoms with Crippen LogP contribution in [0.3, 0.4) is 0 Å². The quantitative estimate of drug-likeness (QED) is 0.167. The number of fused-ring (bicyclic) bond motifs is 2. The van der Waals surface area contributed by atoms with Crippen LogP contribution in [0.2, 0.25) is 12.6 Å². The molecule has 4 aromatic carbocycles. The van der Waals surface area contributed by atoms with Crippen LogP contribution in [0.1, 0.15) is 115 Å². The van der Waals surface area contributed by atoms with E-state index in [1.807, 2.05) is 12.3 Å². The molecule has 0 fully saturated rings. The van der Waals surface area contributed by atoms with Crippen LogP contribution in [0.15, 0.2) is 114 Å². The lowest BCUT2D eigenvalue weighted by atomic mass is 9.84. The van der Waals surface area contributed by atoms with Crippen molar-refractivity contribution < 1.29 is 4.42 Å². The third kappa shape index (κ3) is 5.30. The van der Waals surface area contributed by atoms with Crippen molar-refractivity contribution in [3.05, 3.63) is 165 Å². The highest BCUT2D eigenvalue weighted by Crippen LogP contribution is 2.60. The van der Waals surface area contributed by atoms with Gasteiger partial charge < -0.3 is 4.42 Å². The molecule has 0 saturated heterocycles. The lowest BCUT2D eigenvalue weighted by Crippen LogP contribution is -2.45. The van der Waals surface area contributed by atoms with Gasteiger partial charge in [0.15, 0.2) is 0 Å². The zero-order valence-corrected chi connectivity index (χ0v) is 31.2. The van der Waals surface area contributed by atoms with Gasteiger partial charge in [-0.1, -0.05) is 158 Å². The summed E-state index contributed by atoms with van der Waals surface area (Å²) in [6.07, 6.45) is 4.35. The van der Waals surface area contributed by atoms with Crippen LogP contribution >= 0.6 is 0 Å². The summed E-state index contributed by atoms with van der Waals surface area (Å²) in [5.74, 6) is 0.962. The fourth-order valence-corrected chi connectivity index (χ4v) is 13.6. The van der Waals surface area contributed by atoms with Crippen LogP contribution in [0.4, 0.5) is 0 Å². The van der Waals surface area contributed by atoms with Crippen LogP contribution in [0.5, 0.6) is 0 Å². The standard InChI is InChI=1S/C46H50OSi/c1-10-48(9,43-36-17-12-11-16-32(36)29-39(43)35-26-25-34(28-30(35)2)46(6,7)8)44-38-19-14-13-18-37(38)42(40-20-15-27-47-40)41(44)31-21-23-33(24-22-31)45(3,4)5/h11-29,43-44H,10H2,1-9H3. The zero-order valence-electron chi connectivity index (χ0n) is 30.2. The molecule has 2 heteroatoms. The summed E-state index contributed by atoms with van der Waals surface area (Å²) in [6.45, 7) is 21.3. The number of aryl methyl sites for hydroxylation is 1. The van der Waals surface area contributed by atoms with Gasteiger partial charge in [0.2, 0.25) is 0 Å². The molecule has 2 aliphatic rings. The number of rotatable bonds is 6. The minimum atomic E-state index is -2.30. The van der Waals surface area contributed by atoms with Crippen LogP contribution in [0.25, 0.3) is 22.8 Å². The Morgan fingerprint density at radius 2 is 1.31 bits per heavy atom. The van der Waals surface area contributed by atoms with Crippen molar-refractivity contribution in [2.45, 2.75) is 89.9 Å². The molecule has 0 N–H and O–H groups in total. The number of hydrogen-bond donors (Lipinski definition) is 0. The van der Waals surface area contributed by atoms with Crippen LogP contribution < -0.4 is 0 Å². The van der Waals surface area contributed by atoms with E-state index < -0.39 is 8.07 Å². The fraction of sp³-hybridized carbons (Fsp3) is 0.304. The van der Waals surface area contributed by atoms with E-state index in [4.69, 9.17) is 4.42 Å². The molecule has 48 heavy (non-hydrogen) atoms. The molecule has 2 aliphatic carbocycles.